The van der Waals surface area contributed by atoms with Crippen LogP contribution in [0.4, 0.5) is 0 Å². The maximum atomic E-state index is 12.6. The van der Waals surface area contributed by atoms with Crippen LogP contribution in [-0.4, -0.2) is 47.8 Å². The Balaban J connectivity index is 1.48. The topological polar surface area (TPSA) is 76.8 Å². The predicted molar refractivity (Wildman–Crippen MR) is 98.1 cm³/mol. The van der Waals surface area contributed by atoms with Crippen molar-refractivity contribution in [1.82, 2.24) is 29.6 Å². The molecule has 0 N–H and O–H groups in total. The van der Waals surface area contributed by atoms with Gasteiger partial charge in [-0.05, 0) is 13.8 Å². The van der Waals surface area contributed by atoms with Crippen molar-refractivity contribution in [3.8, 4) is 0 Å². The number of amides is 1. The highest BCUT2D eigenvalue weighted by molar-refractivity contribution is 8.00. The first kappa shape index (κ1) is 16.7. The van der Waals surface area contributed by atoms with Gasteiger partial charge in [0.2, 0.25) is 5.91 Å². The van der Waals surface area contributed by atoms with E-state index in [0.717, 1.165) is 38.3 Å². The molecule has 0 bridgehead atoms. The van der Waals surface area contributed by atoms with Crippen molar-refractivity contribution in [1.29, 1.82) is 0 Å². The summed E-state index contributed by atoms with van der Waals surface area (Å²) in [5.74, 6) is 2.10. The first-order valence-electron chi connectivity index (χ1n) is 7.73. The van der Waals surface area contributed by atoms with Crippen molar-refractivity contribution in [2.75, 3.05) is 12.3 Å². The van der Waals surface area contributed by atoms with Crippen LogP contribution in [0.5, 0.6) is 0 Å². The molecule has 0 aliphatic carbocycles. The molecule has 0 spiro atoms. The molecule has 0 saturated heterocycles. The van der Waals surface area contributed by atoms with Crippen molar-refractivity contribution >= 4 is 50.8 Å². The van der Waals surface area contributed by atoms with E-state index in [1.165, 1.54) is 18.1 Å². The highest BCUT2D eigenvalue weighted by Crippen LogP contribution is 2.38. The molecule has 0 fully saturated rings. The number of carbonyl (C=O) groups excluding carboxylic acids is 1. The van der Waals surface area contributed by atoms with Crippen molar-refractivity contribution in [2.45, 2.75) is 32.0 Å². The number of fused-ring (bicyclic) bond motifs is 2. The van der Waals surface area contributed by atoms with Crippen molar-refractivity contribution < 1.29 is 4.79 Å². The van der Waals surface area contributed by atoms with E-state index in [1.54, 1.807) is 11.3 Å². The zero-order chi connectivity index (χ0) is 17.6. The van der Waals surface area contributed by atoms with Crippen LogP contribution in [0.1, 0.15) is 16.5 Å². The van der Waals surface area contributed by atoms with E-state index in [9.17, 15) is 4.79 Å². The van der Waals surface area contributed by atoms with Gasteiger partial charge in [0.15, 0.2) is 5.82 Å². The molecule has 130 valence electrons. The summed E-state index contributed by atoms with van der Waals surface area (Å²) in [6.07, 6.45) is 1.52. The molecule has 3 aromatic rings. The average molecular weight is 395 g/mol. The predicted octanol–water partition coefficient (Wildman–Crippen LogP) is 2.69. The van der Waals surface area contributed by atoms with Crippen molar-refractivity contribution in [3.63, 3.8) is 0 Å². The number of thiophene rings is 1. The molecule has 1 aliphatic rings. The largest absolute Gasteiger partial charge is 0.333 e. The van der Waals surface area contributed by atoms with Gasteiger partial charge in [0.05, 0.1) is 22.7 Å². The first-order valence-corrected chi connectivity index (χ1v) is 9.91. The molecule has 25 heavy (non-hydrogen) atoms. The van der Waals surface area contributed by atoms with Crippen LogP contribution in [0.3, 0.4) is 0 Å². The van der Waals surface area contributed by atoms with Crippen LogP contribution in [-0.2, 0) is 17.9 Å². The second kappa shape index (κ2) is 6.54. The Labute approximate surface area is 157 Å². The van der Waals surface area contributed by atoms with Crippen LogP contribution in [0, 0.1) is 13.8 Å². The van der Waals surface area contributed by atoms with Gasteiger partial charge in [-0.1, -0.05) is 23.4 Å². The minimum atomic E-state index is 0.0618. The van der Waals surface area contributed by atoms with E-state index < -0.39 is 0 Å². The number of hydrogen-bond acceptors (Lipinski definition) is 7. The fraction of sp³-hybridized carbons (Fsp3) is 0.400. The Morgan fingerprint density at radius 3 is 3.00 bits per heavy atom. The van der Waals surface area contributed by atoms with Gasteiger partial charge in [-0.25, -0.2) is 9.97 Å². The fourth-order valence-corrected chi connectivity index (χ4v) is 5.09. The molecule has 7 nitrogen and oxygen atoms in total. The maximum absolute atomic E-state index is 12.6. The molecule has 1 amide bonds. The monoisotopic (exact) mass is 394 g/mol. The van der Waals surface area contributed by atoms with Gasteiger partial charge >= 0.3 is 0 Å². The number of nitrogens with zero attached hydrogens (tertiary/aromatic N) is 6. The van der Waals surface area contributed by atoms with Crippen LogP contribution in [0.25, 0.3) is 10.2 Å². The third-order valence-electron chi connectivity index (χ3n) is 4.18. The molecule has 4 rings (SSSR count). The normalized spacial score (nSPS) is 14.1. The summed E-state index contributed by atoms with van der Waals surface area (Å²) in [5.41, 5.74) is 0. The maximum Gasteiger partial charge on any atom is 0.233 e. The first-order chi connectivity index (χ1) is 12.0. The quantitative estimate of drug-likeness (QED) is 0.502. The average Bonchev–Trinajstić information content (AvgIpc) is 3.13. The zero-order valence-electron chi connectivity index (χ0n) is 13.7. The smallest absolute Gasteiger partial charge is 0.233 e. The van der Waals surface area contributed by atoms with Crippen molar-refractivity contribution in [2.24, 2.45) is 0 Å². The number of thioether (sulfide) groups is 1. The molecule has 1 aliphatic heterocycles. The van der Waals surface area contributed by atoms with E-state index in [-0.39, 0.29) is 5.91 Å². The lowest BCUT2D eigenvalue weighted by Crippen LogP contribution is -2.39. The Bertz CT molecular complexity index is 968. The van der Waals surface area contributed by atoms with Gasteiger partial charge in [-0.15, -0.1) is 21.5 Å². The summed E-state index contributed by atoms with van der Waals surface area (Å²) < 4.78 is 2.05. The third-order valence-corrected chi connectivity index (χ3v) is 6.75. The Hall–Kier alpha value is -1.71. The van der Waals surface area contributed by atoms with Gasteiger partial charge in [0.25, 0.3) is 0 Å². The Morgan fingerprint density at radius 1 is 1.32 bits per heavy atom. The lowest BCUT2D eigenvalue weighted by molar-refractivity contribution is -0.129. The van der Waals surface area contributed by atoms with Crippen LogP contribution < -0.4 is 0 Å². The SMILES string of the molecule is Cc1sc2ncnc(SCC(=O)N3CCn4c(C)nnc4C3)c2c1Cl. The molecule has 0 radical (unpaired) electrons. The van der Waals surface area contributed by atoms with E-state index in [0.29, 0.717) is 23.9 Å². The molecular weight excluding hydrogens is 380 g/mol. The minimum absolute atomic E-state index is 0.0618. The zero-order valence-corrected chi connectivity index (χ0v) is 16.1. The molecule has 0 saturated carbocycles. The molecule has 0 unspecified atom stereocenters. The molecular formula is C15H15ClN6OS2. The second-order valence-electron chi connectivity index (χ2n) is 5.75. The minimum Gasteiger partial charge on any atom is -0.333 e. The van der Waals surface area contributed by atoms with Gasteiger partial charge < -0.3 is 9.47 Å². The molecule has 3 aromatic heterocycles. The lowest BCUT2D eigenvalue weighted by Gasteiger charge is -2.27. The lowest BCUT2D eigenvalue weighted by atomic mass is 10.3. The number of aryl methyl sites for hydroxylation is 2. The summed E-state index contributed by atoms with van der Waals surface area (Å²) in [5, 5.41) is 10.5. The second-order valence-corrected chi connectivity index (χ2v) is 8.30. The van der Waals surface area contributed by atoms with Crippen LogP contribution >= 0.6 is 34.7 Å². The summed E-state index contributed by atoms with van der Waals surface area (Å²) in [7, 11) is 0. The number of carbonyl (C=O) groups is 1. The van der Waals surface area contributed by atoms with E-state index >= 15 is 0 Å². The van der Waals surface area contributed by atoms with Gasteiger partial charge in [-0.2, -0.15) is 0 Å². The third kappa shape index (κ3) is 3.00. The standard InChI is InChI=1S/C15H15ClN6OS2/c1-8-13(16)12-14(17-7-18-15(12)25-8)24-6-11(23)21-3-4-22-9(2)19-20-10(22)5-21/h7H,3-6H2,1-2H3. The van der Waals surface area contributed by atoms with Gasteiger partial charge in [-0.3, -0.25) is 4.79 Å². The van der Waals surface area contributed by atoms with E-state index in [2.05, 4.69) is 24.7 Å². The molecule has 10 heteroatoms. The Morgan fingerprint density at radius 2 is 2.16 bits per heavy atom. The number of halogens is 1. The van der Waals surface area contributed by atoms with Gasteiger partial charge in [0.1, 0.15) is 22.0 Å². The van der Waals surface area contributed by atoms with E-state index in [4.69, 9.17) is 11.6 Å². The number of hydrogen-bond donors (Lipinski definition) is 0. The molecule has 0 atom stereocenters. The summed E-state index contributed by atoms with van der Waals surface area (Å²) >= 11 is 9.32. The highest BCUT2D eigenvalue weighted by atomic mass is 35.5. The molecule has 4 heterocycles. The Kier molecular flexibility index (Phi) is 4.38. The number of aromatic nitrogens is 5. The summed E-state index contributed by atoms with van der Waals surface area (Å²) in [6, 6.07) is 0. The van der Waals surface area contributed by atoms with E-state index in [1.807, 2.05) is 18.7 Å². The van der Waals surface area contributed by atoms with Crippen LogP contribution in [0.2, 0.25) is 5.02 Å². The highest BCUT2D eigenvalue weighted by Gasteiger charge is 2.24. The van der Waals surface area contributed by atoms with Gasteiger partial charge in [0, 0.05) is 18.0 Å². The number of rotatable bonds is 3. The van der Waals surface area contributed by atoms with Crippen molar-refractivity contribution in [3.05, 3.63) is 27.9 Å². The fourth-order valence-electron chi connectivity index (χ4n) is 2.83. The molecule has 0 aromatic carbocycles. The summed E-state index contributed by atoms with van der Waals surface area (Å²) in [4.78, 5) is 24.8. The summed E-state index contributed by atoms with van der Waals surface area (Å²) in [6.45, 7) is 5.79. The van der Waals surface area contributed by atoms with Crippen LogP contribution in [0.15, 0.2) is 11.4 Å².